The lowest BCUT2D eigenvalue weighted by Crippen LogP contribution is -2.48. The SMILES string of the molecule is CCOc1cc(C(=O)N2CCN(Cc3ccc(Cl)c(Cl)c3)CC2)ccc1OC(F)F. The minimum Gasteiger partial charge on any atom is -0.490 e. The van der Waals surface area contributed by atoms with E-state index >= 15 is 0 Å². The van der Waals surface area contributed by atoms with Gasteiger partial charge in [-0.2, -0.15) is 8.78 Å². The van der Waals surface area contributed by atoms with Crippen molar-refractivity contribution in [2.24, 2.45) is 0 Å². The highest BCUT2D eigenvalue weighted by Crippen LogP contribution is 2.30. The standard InChI is InChI=1S/C21H22Cl2F2N2O3/c1-2-29-19-12-15(4-6-18(19)30-21(24)25)20(28)27-9-7-26(8-10-27)13-14-3-5-16(22)17(23)11-14/h3-6,11-12,21H,2,7-10,13H2,1H3. The van der Waals surface area contributed by atoms with Gasteiger partial charge < -0.3 is 14.4 Å². The number of amides is 1. The largest absolute Gasteiger partial charge is 0.490 e. The maximum atomic E-state index is 12.9. The van der Waals surface area contributed by atoms with Crippen molar-refractivity contribution in [3.63, 3.8) is 0 Å². The third kappa shape index (κ3) is 5.74. The van der Waals surface area contributed by atoms with Gasteiger partial charge >= 0.3 is 6.61 Å². The second-order valence-corrected chi connectivity index (χ2v) is 7.60. The van der Waals surface area contributed by atoms with Crippen LogP contribution in [0.15, 0.2) is 36.4 Å². The van der Waals surface area contributed by atoms with Crippen molar-refractivity contribution < 1.29 is 23.0 Å². The molecule has 162 valence electrons. The number of halogens is 4. The number of benzene rings is 2. The summed E-state index contributed by atoms with van der Waals surface area (Å²) in [6.07, 6.45) is 0. The summed E-state index contributed by atoms with van der Waals surface area (Å²) in [6.45, 7) is 2.27. The summed E-state index contributed by atoms with van der Waals surface area (Å²) in [5.41, 5.74) is 1.43. The van der Waals surface area contributed by atoms with Crippen LogP contribution >= 0.6 is 23.2 Å². The summed E-state index contributed by atoms with van der Waals surface area (Å²) < 4.78 is 34.9. The first-order valence-electron chi connectivity index (χ1n) is 9.54. The zero-order valence-electron chi connectivity index (χ0n) is 16.4. The number of carbonyl (C=O) groups is 1. The number of ether oxygens (including phenoxy) is 2. The fourth-order valence-corrected chi connectivity index (χ4v) is 3.61. The van der Waals surface area contributed by atoms with Crippen molar-refractivity contribution in [1.82, 2.24) is 9.80 Å². The molecule has 2 aromatic rings. The number of hydrogen-bond acceptors (Lipinski definition) is 4. The first kappa shape index (κ1) is 22.6. The summed E-state index contributed by atoms with van der Waals surface area (Å²) >= 11 is 12.0. The minimum atomic E-state index is -2.96. The Kier molecular flexibility index (Phi) is 7.75. The van der Waals surface area contributed by atoms with Crippen molar-refractivity contribution in [2.45, 2.75) is 20.1 Å². The minimum absolute atomic E-state index is 0.0881. The van der Waals surface area contributed by atoms with Crippen LogP contribution in [-0.4, -0.2) is 55.1 Å². The second kappa shape index (κ2) is 10.3. The van der Waals surface area contributed by atoms with Gasteiger partial charge in [0.2, 0.25) is 0 Å². The lowest BCUT2D eigenvalue weighted by Gasteiger charge is -2.35. The number of alkyl halides is 2. The normalized spacial score (nSPS) is 14.8. The third-order valence-electron chi connectivity index (χ3n) is 4.76. The van der Waals surface area contributed by atoms with Crippen LogP contribution < -0.4 is 9.47 Å². The Hall–Kier alpha value is -2.09. The van der Waals surface area contributed by atoms with Crippen LogP contribution in [0, 0.1) is 0 Å². The molecule has 0 spiro atoms. The average molecular weight is 459 g/mol. The molecule has 1 saturated heterocycles. The molecule has 2 aromatic carbocycles. The predicted octanol–water partition coefficient (Wildman–Crippen LogP) is 4.95. The number of rotatable bonds is 7. The first-order chi connectivity index (χ1) is 14.4. The van der Waals surface area contributed by atoms with E-state index in [0.717, 1.165) is 5.56 Å². The van der Waals surface area contributed by atoms with Crippen LogP contribution in [0.25, 0.3) is 0 Å². The molecule has 0 atom stereocenters. The summed E-state index contributed by atoms with van der Waals surface area (Å²) in [6, 6.07) is 9.82. The Bertz CT molecular complexity index is 891. The van der Waals surface area contributed by atoms with Crippen LogP contribution in [0.1, 0.15) is 22.8 Å². The molecule has 0 radical (unpaired) electrons. The zero-order valence-corrected chi connectivity index (χ0v) is 17.9. The molecule has 30 heavy (non-hydrogen) atoms. The molecule has 1 heterocycles. The summed E-state index contributed by atoms with van der Waals surface area (Å²) in [5.74, 6) is -0.134. The molecule has 1 fully saturated rings. The Labute approximate surface area is 184 Å². The molecule has 0 bridgehead atoms. The van der Waals surface area contributed by atoms with Gasteiger partial charge in [0.05, 0.1) is 16.7 Å². The molecule has 5 nitrogen and oxygen atoms in total. The molecule has 0 N–H and O–H groups in total. The van der Waals surface area contributed by atoms with Crippen molar-refractivity contribution in [3.05, 3.63) is 57.6 Å². The fourth-order valence-electron chi connectivity index (χ4n) is 3.29. The van der Waals surface area contributed by atoms with Gasteiger partial charge in [0.25, 0.3) is 5.91 Å². The molecular formula is C21H22Cl2F2N2O3. The van der Waals surface area contributed by atoms with E-state index in [1.165, 1.54) is 18.2 Å². The molecule has 3 rings (SSSR count). The number of nitrogens with zero attached hydrogens (tertiary/aromatic N) is 2. The van der Waals surface area contributed by atoms with Crippen molar-refractivity contribution in [2.75, 3.05) is 32.8 Å². The Balaban J connectivity index is 1.61. The van der Waals surface area contributed by atoms with Crippen LogP contribution in [0.5, 0.6) is 11.5 Å². The van der Waals surface area contributed by atoms with Crippen LogP contribution in [-0.2, 0) is 6.54 Å². The Morgan fingerprint density at radius 1 is 1.03 bits per heavy atom. The molecular weight excluding hydrogens is 437 g/mol. The van der Waals surface area contributed by atoms with E-state index in [2.05, 4.69) is 9.64 Å². The van der Waals surface area contributed by atoms with Gasteiger partial charge in [0, 0.05) is 38.3 Å². The maximum Gasteiger partial charge on any atom is 0.387 e. The van der Waals surface area contributed by atoms with E-state index in [4.69, 9.17) is 27.9 Å². The van der Waals surface area contributed by atoms with Crippen LogP contribution in [0.2, 0.25) is 10.0 Å². The van der Waals surface area contributed by atoms with E-state index in [1.54, 1.807) is 17.9 Å². The highest BCUT2D eigenvalue weighted by molar-refractivity contribution is 6.42. The lowest BCUT2D eigenvalue weighted by atomic mass is 10.1. The van der Waals surface area contributed by atoms with Gasteiger partial charge in [-0.25, -0.2) is 0 Å². The molecule has 0 saturated carbocycles. The van der Waals surface area contributed by atoms with Crippen molar-refractivity contribution >= 4 is 29.1 Å². The van der Waals surface area contributed by atoms with E-state index < -0.39 is 6.61 Å². The van der Waals surface area contributed by atoms with Crippen molar-refractivity contribution in [1.29, 1.82) is 0 Å². The molecule has 1 amide bonds. The summed E-state index contributed by atoms with van der Waals surface area (Å²) in [4.78, 5) is 16.8. The molecule has 0 aromatic heterocycles. The average Bonchev–Trinajstić information content (AvgIpc) is 2.72. The fraction of sp³-hybridized carbons (Fsp3) is 0.381. The molecule has 0 aliphatic carbocycles. The lowest BCUT2D eigenvalue weighted by molar-refractivity contribution is -0.0514. The maximum absolute atomic E-state index is 12.9. The number of piperazine rings is 1. The molecule has 1 aliphatic heterocycles. The van der Waals surface area contributed by atoms with E-state index in [-0.39, 0.29) is 24.0 Å². The number of hydrogen-bond donors (Lipinski definition) is 0. The molecule has 1 aliphatic rings. The van der Waals surface area contributed by atoms with Crippen LogP contribution in [0.3, 0.4) is 0 Å². The van der Waals surface area contributed by atoms with Gasteiger partial charge in [-0.15, -0.1) is 0 Å². The molecule has 9 heteroatoms. The monoisotopic (exact) mass is 458 g/mol. The van der Waals surface area contributed by atoms with Crippen LogP contribution in [0.4, 0.5) is 8.78 Å². The van der Waals surface area contributed by atoms with E-state index in [1.807, 2.05) is 12.1 Å². The predicted molar refractivity (Wildman–Crippen MR) is 112 cm³/mol. The number of carbonyl (C=O) groups excluding carboxylic acids is 1. The smallest absolute Gasteiger partial charge is 0.387 e. The van der Waals surface area contributed by atoms with Crippen molar-refractivity contribution in [3.8, 4) is 11.5 Å². The van der Waals surface area contributed by atoms with Gasteiger partial charge in [-0.1, -0.05) is 29.3 Å². The zero-order chi connectivity index (χ0) is 21.7. The second-order valence-electron chi connectivity index (χ2n) is 6.79. The van der Waals surface area contributed by atoms with Gasteiger partial charge in [0.15, 0.2) is 11.5 Å². The third-order valence-corrected chi connectivity index (χ3v) is 5.50. The highest BCUT2D eigenvalue weighted by atomic mass is 35.5. The van der Waals surface area contributed by atoms with E-state index in [0.29, 0.717) is 48.3 Å². The highest BCUT2D eigenvalue weighted by Gasteiger charge is 2.23. The Morgan fingerprint density at radius 3 is 2.40 bits per heavy atom. The van der Waals surface area contributed by atoms with E-state index in [9.17, 15) is 13.6 Å². The quantitative estimate of drug-likeness (QED) is 0.588. The van der Waals surface area contributed by atoms with Gasteiger partial charge in [-0.3, -0.25) is 9.69 Å². The summed E-state index contributed by atoms with van der Waals surface area (Å²) in [5, 5.41) is 1.04. The van der Waals surface area contributed by atoms with Gasteiger partial charge in [0.1, 0.15) is 0 Å². The molecule has 0 unspecified atom stereocenters. The first-order valence-corrected chi connectivity index (χ1v) is 10.3. The Morgan fingerprint density at radius 2 is 1.77 bits per heavy atom. The van der Waals surface area contributed by atoms with Gasteiger partial charge in [-0.05, 0) is 42.8 Å². The summed E-state index contributed by atoms with van der Waals surface area (Å²) in [7, 11) is 0. The topological polar surface area (TPSA) is 42.0 Å².